The molecule has 0 aliphatic carbocycles. The maximum Gasteiger partial charge on any atom is 0.350 e. The summed E-state index contributed by atoms with van der Waals surface area (Å²) in [6.07, 6.45) is 4.99. The van der Waals surface area contributed by atoms with Crippen molar-refractivity contribution in [3.05, 3.63) is 64.7 Å². The molecular weight excluding hydrogens is 364 g/mol. The highest BCUT2D eigenvalue weighted by molar-refractivity contribution is 7.89. The molecule has 8 heteroatoms. The normalized spacial score (nSPS) is 16.0. The Labute approximate surface area is 157 Å². The minimum absolute atomic E-state index is 0.0995. The molecule has 3 aromatic rings. The van der Waals surface area contributed by atoms with Crippen LogP contribution in [0.3, 0.4) is 0 Å². The first-order valence-corrected chi connectivity index (χ1v) is 10.6. The summed E-state index contributed by atoms with van der Waals surface area (Å²) in [7, 11) is -3.66. The van der Waals surface area contributed by atoms with Crippen LogP contribution in [0.5, 0.6) is 0 Å². The first-order valence-electron chi connectivity index (χ1n) is 9.20. The van der Waals surface area contributed by atoms with E-state index in [2.05, 4.69) is 5.10 Å². The van der Waals surface area contributed by atoms with Gasteiger partial charge in [-0.2, -0.15) is 4.31 Å². The zero-order chi connectivity index (χ0) is 18.9. The first-order chi connectivity index (χ1) is 13.1. The smallest absolute Gasteiger partial charge is 0.249 e. The molecule has 1 aromatic carbocycles. The highest BCUT2D eigenvalue weighted by atomic mass is 32.2. The summed E-state index contributed by atoms with van der Waals surface area (Å²) in [5.41, 5.74) is 0.973. The second-order valence-electron chi connectivity index (χ2n) is 6.77. The van der Waals surface area contributed by atoms with E-state index in [0.717, 1.165) is 24.8 Å². The number of piperidine rings is 1. The summed E-state index contributed by atoms with van der Waals surface area (Å²) >= 11 is 0. The minimum atomic E-state index is -3.66. The van der Waals surface area contributed by atoms with E-state index in [9.17, 15) is 13.2 Å². The van der Waals surface area contributed by atoms with Crippen molar-refractivity contribution in [3.8, 4) is 0 Å². The molecule has 1 fully saturated rings. The van der Waals surface area contributed by atoms with Gasteiger partial charge in [0.2, 0.25) is 10.0 Å². The molecule has 3 heterocycles. The molecule has 4 rings (SSSR count). The van der Waals surface area contributed by atoms with Gasteiger partial charge in [0.1, 0.15) is 4.90 Å². The van der Waals surface area contributed by atoms with E-state index in [1.165, 1.54) is 19.5 Å². The molecule has 0 radical (unpaired) electrons. The van der Waals surface area contributed by atoms with Crippen LogP contribution in [0, 0.1) is 0 Å². The maximum atomic E-state index is 13.1. The number of benzene rings is 1. The van der Waals surface area contributed by atoms with Gasteiger partial charge in [-0.3, -0.25) is 0 Å². The lowest BCUT2D eigenvalue weighted by atomic mass is 10.2. The lowest BCUT2D eigenvalue weighted by Crippen LogP contribution is -2.35. The van der Waals surface area contributed by atoms with Crippen LogP contribution in [0.2, 0.25) is 0 Å². The van der Waals surface area contributed by atoms with Gasteiger partial charge in [-0.1, -0.05) is 36.8 Å². The molecule has 0 spiro atoms. The van der Waals surface area contributed by atoms with Crippen molar-refractivity contribution in [3.63, 3.8) is 0 Å². The van der Waals surface area contributed by atoms with Crippen LogP contribution in [0.1, 0.15) is 24.8 Å². The van der Waals surface area contributed by atoms with Crippen LogP contribution in [0.15, 0.2) is 58.4 Å². The lowest BCUT2D eigenvalue weighted by molar-refractivity contribution is 0.347. The molecule has 142 valence electrons. The van der Waals surface area contributed by atoms with Gasteiger partial charge >= 0.3 is 5.69 Å². The maximum absolute atomic E-state index is 13.1. The SMILES string of the molecule is O=c1n(CCc2ccccc2)nc2c(S(=O)(=O)N3CCCCC3)cccn12. The predicted molar refractivity (Wildman–Crippen MR) is 102 cm³/mol. The number of rotatable bonds is 5. The zero-order valence-corrected chi connectivity index (χ0v) is 15.8. The number of fused-ring (bicyclic) bond motifs is 1. The molecular formula is C19H22N4O3S. The second-order valence-corrected chi connectivity index (χ2v) is 8.68. The highest BCUT2D eigenvalue weighted by Crippen LogP contribution is 2.22. The van der Waals surface area contributed by atoms with Gasteiger partial charge in [0.25, 0.3) is 0 Å². The zero-order valence-electron chi connectivity index (χ0n) is 15.0. The van der Waals surface area contributed by atoms with Crippen molar-refractivity contribution in [2.45, 2.75) is 37.1 Å². The molecule has 0 N–H and O–H groups in total. The Morgan fingerprint density at radius 2 is 1.70 bits per heavy atom. The second kappa shape index (κ2) is 7.28. The van der Waals surface area contributed by atoms with E-state index in [4.69, 9.17) is 0 Å². The van der Waals surface area contributed by atoms with Gasteiger partial charge in [-0.15, -0.1) is 5.10 Å². The third-order valence-electron chi connectivity index (χ3n) is 4.96. The molecule has 27 heavy (non-hydrogen) atoms. The number of sulfonamides is 1. The summed E-state index contributed by atoms with van der Waals surface area (Å²) in [6, 6.07) is 13.0. The largest absolute Gasteiger partial charge is 0.350 e. The highest BCUT2D eigenvalue weighted by Gasteiger charge is 2.29. The minimum Gasteiger partial charge on any atom is -0.249 e. The van der Waals surface area contributed by atoms with Gasteiger partial charge in [-0.05, 0) is 37.0 Å². The Bertz CT molecular complexity index is 1100. The topological polar surface area (TPSA) is 76.7 Å². The molecule has 0 saturated carbocycles. The quantitative estimate of drug-likeness (QED) is 0.671. The van der Waals surface area contributed by atoms with Crippen LogP contribution >= 0.6 is 0 Å². The molecule has 0 atom stereocenters. The Balaban J connectivity index is 1.70. The molecule has 7 nitrogen and oxygen atoms in total. The van der Waals surface area contributed by atoms with Gasteiger partial charge < -0.3 is 0 Å². The van der Waals surface area contributed by atoms with Gasteiger partial charge in [0, 0.05) is 19.3 Å². The van der Waals surface area contributed by atoms with Crippen molar-refractivity contribution < 1.29 is 8.42 Å². The Hall–Kier alpha value is -2.45. The van der Waals surface area contributed by atoms with Crippen molar-refractivity contribution in [1.29, 1.82) is 0 Å². The monoisotopic (exact) mass is 386 g/mol. The summed E-state index contributed by atoms with van der Waals surface area (Å²) < 4.78 is 30.3. The Morgan fingerprint density at radius 3 is 2.44 bits per heavy atom. The van der Waals surface area contributed by atoms with Gasteiger partial charge in [0.05, 0.1) is 6.54 Å². The predicted octanol–water partition coefficient (Wildman–Crippen LogP) is 1.91. The van der Waals surface area contributed by atoms with E-state index >= 15 is 0 Å². The average Bonchev–Trinajstić information content (AvgIpc) is 3.03. The van der Waals surface area contributed by atoms with Crippen LogP contribution in [-0.4, -0.2) is 40.0 Å². The third kappa shape index (κ3) is 3.42. The lowest BCUT2D eigenvalue weighted by Gasteiger charge is -2.25. The summed E-state index contributed by atoms with van der Waals surface area (Å²) in [5.74, 6) is 0. The van der Waals surface area contributed by atoms with Crippen LogP contribution < -0.4 is 5.69 Å². The molecule has 1 saturated heterocycles. The fourth-order valence-corrected chi connectivity index (χ4v) is 5.12. The molecule has 1 aliphatic rings. The molecule has 2 aromatic heterocycles. The number of aryl methyl sites for hydroxylation is 2. The molecule has 0 amide bonds. The summed E-state index contributed by atoms with van der Waals surface area (Å²) in [4.78, 5) is 12.8. The Morgan fingerprint density at radius 1 is 0.963 bits per heavy atom. The number of hydrogen-bond donors (Lipinski definition) is 0. The van der Waals surface area contributed by atoms with Crippen molar-refractivity contribution in [2.24, 2.45) is 0 Å². The number of aromatic nitrogens is 3. The van der Waals surface area contributed by atoms with Gasteiger partial charge in [0.15, 0.2) is 5.65 Å². The van der Waals surface area contributed by atoms with Crippen LogP contribution in [0.25, 0.3) is 5.65 Å². The van der Waals surface area contributed by atoms with Crippen molar-refractivity contribution in [2.75, 3.05) is 13.1 Å². The fourth-order valence-electron chi connectivity index (χ4n) is 3.48. The Kier molecular flexibility index (Phi) is 4.84. The van der Waals surface area contributed by atoms with Crippen LogP contribution in [-0.2, 0) is 23.0 Å². The standard InChI is InChI=1S/C19H22N4O3S/c24-19-22-14-7-10-17(27(25,26)21-12-5-2-6-13-21)18(22)20-23(19)15-11-16-8-3-1-4-9-16/h1,3-4,7-10,14H,2,5-6,11-13,15H2. The fraction of sp³-hybridized carbons (Fsp3) is 0.368. The van der Waals surface area contributed by atoms with Crippen molar-refractivity contribution >= 4 is 15.7 Å². The van der Waals surface area contributed by atoms with E-state index < -0.39 is 10.0 Å². The van der Waals surface area contributed by atoms with Crippen molar-refractivity contribution in [1.82, 2.24) is 18.5 Å². The summed E-state index contributed by atoms with van der Waals surface area (Å²) in [5, 5.41) is 4.35. The van der Waals surface area contributed by atoms with E-state index in [-0.39, 0.29) is 16.2 Å². The average molecular weight is 386 g/mol. The molecule has 1 aliphatic heterocycles. The van der Waals surface area contributed by atoms with E-state index in [0.29, 0.717) is 26.1 Å². The van der Waals surface area contributed by atoms with E-state index in [1.807, 2.05) is 30.3 Å². The van der Waals surface area contributed by atoms with Crippen LogP contribution in [0.4, 0.5) is 0 Å². The number of nitrogens with zero attached hydrogens (tertiary/aromatic N) is 4. The van der Waals surface area contributed by atoms with E-state index in [1.54, 1.807) is 12.3 Å². The number of hydrogen-bond acceptors (Lipinski definition) is 4. The molecule has 0 bridgehead atoms. The molecule has 0 unspecified atom stereocenters. The summed E-state index contributed by atoms with van der Waals surface area (Å²) in [6.45, 7) is 1.43. The first kappa shape index (κ1) is 17.9. The van der Waals surface area contributed by atoms with Gasteiger partial charge in [-0.25, -0.2) is 22.3 Å². The number of pyridine rings is 1. The third-order valence-corrected chi connectivity index (χ3v) is 6.88.